The van der Waals surface area contributed by atoms with Gasteiger partial charge in [-0.1, -0.05) is 6.92 Å². The van der Waals surface area contributed by atoms with Crippen molar-refractivity contribution in [3.8, 4) is 0 Å². The third-order valence-corrected chi connectivity index (χ3v) is 4.11. The molecule has 2 unspecified atom stereocenters. The van der Waals surface area contributed by atoms with Gasteiger partial charge in [-0.3, -0.25) is 4.79 Å². The largest absolute Gasteiger partial charge is 0.379 e. The average Bonchev–Trinajstić information content (AvgIpc) is 2.70. The molecular weight excluding hydrogens is 218 g/mol. The normalized spacial score (nSPS) is 35.2. The fraction of sp³-hybridized carbons (Fsp3) is 0.917. The maximum absolute atomic E-state index is 12.5. The lowest BCUT2D eigenvalue weighted by molar-refractivity contribution is -0.143. The number of carbonyl (C=O) groups excluding carboxylic acids is 1. The lowest BCUT2D eigenvalue weighted by Crippen LogP contribution is -2.56. The molecular formula is C12H23N3O2. The molecule has 0 spiro atoms. The van der Waals surface area contributed by atoms with Gasteiger partial charge in [0.25, 0.3) is 0 Å². The molecule has 5 heteroatoms. The molecule has 0 aromatic rings. The van der Waals surface area contributed by atoms with Crippen LogP contribution in [0.4, 0.5) is 0 Å². The summed E-state index contributed by atoms with van der Waals surface area (Å²) < 4.78 is 5.34. The van der Waals surface area contributed by atoms with Gasteiger partial charge in [0.2, 0.25) is 5.91 Å². The zero-order chi connectivity index (χ0) is 12.5. The van der Waals surface area contributed by atoms with Crippen molar-refractivity contribution in [2.24, 2.45) is 11.1 Å². The van der Waals surface area contributed by atoms with Crippen LogP contribution < -0.4 is 5.73 Å². The van der Waals surface area contributed by atoms with E-state index < -0.39 is 5.41 Å². The Morgan fingerprint density at radius 1 is 1.41 bits per heavy atom. The summed E-state index contributed by atoms with van der Waals surface area (Å²) in [4.78, 5) is 16.8. The van der Waals surface area contributed by atoms with Crippen molar-refractivity contribution in [2.75, 3.05) is 45.9 Å². The Morgan fingerprint density at radius 3 is 2.53 bits per heavy atom. The summed E-state index contributed by atoms with van der Waals surface area (Å²) in [5.74, 6) is 0.165. The Labute approximate surface area is 103 Å². The lowest BCUT2D eigenvalue weighted by atomic mass is 9.84. The van der Waals surface area contributed by atoms with Crippen LogP contribution in [0.25, 0.3) is 0 Å². The van der Waals surface area contributed by atoms with Crippen molar-refractivity contribution in [3.05, 3.63) is 0 Å². The van der Waals surface area contributed by atoms with Gasteiger partial charge in [0.1, 0.15) is 0 Å². The second kappa shape index (κ2) is 4.92. The molecule has 2 aliphatic rings. The molecule has 2 heterocycles. The highest BCUT2D eigenvalue weighted by Crippen LogP contribution is 2.29. The molecule has 1 amide bonds. The average molecular weight is 241 g/mol. The Hall–Kier alpha value is -0.650. The first-order valence-electron chi connectivity index (χ1n) is 6.43. The van der Waals surface area contributed by atoms with Gasteiger partial charge in [-0.25, -0.2) is 0 Å². The van der Waals surface area contributed by atoms with Crippen molar-refractivity contribution in [1.29, 1.82) is 0 Å². The summed E-state index contributed by atoms with van der Waals surface area (Å²) in [6.45, 7) is 9.66. The maximum Gasteiger partial charge on any atom is 0.232 e. The van der Waals surface area contributed by atoms with Gasteiger partial charge in [0.05, 0.1) is 18.6 Å². The zero-order valence-electron chi connectivity index (χ0n) is 10.8. The smallest absolute Gasteiger partial charge is 0.232 e. The van der Waals surface area contributed by atoms with Gasteiger partial charge in [0, 0.05) is 32.2 Å². The number of carbonyl (C=O) groups is 1. The van der Waals surface area contributed by atoms with Crippen LogP contribution in [-0.4, -0.2) is 67.7 Å². The van der Waals surface area contributed by atoms with E-state index in [4.69, 9.17) is 10.5 Å². The molecule has 2 N–H and O–H groups in total. The summed E-state index contributed by atoms with van der Waals surface area (Å²) in [5.41, 5.74) is 5.47. The molecule has 2 aliphatic heterocycles. The summed E-state index contributed by atoms with van der Waals surface area (Å²) in [7, 11) is 0. The first-order chi connectivity index (χ1) is 8.08. The highest BCUT2D eigenvalue weighted by Gasteiger charge is 2.46. The Balaban J connectivity index is 1.97. The quantitative estimate of drug-likeness (QED) is 0.709. The number of ether oxygens (including phenoxy) is 1. The van der Waals surface area contributed by atoms with Crippen molar-refractivity contribution < 1.29 is 9.53 Å². The van der Waals surface area contributed by atoms with Crippen molar-refractivity contribution >= 4 is 5.91 Å². The third-order valence-electron chi connectivity index (χ3n) is 4.11. The molecule has 0 saturated carbocycles. The van der Waals surface area contributed by atoms with E-state index in [-0.39, 0.29) is 11.9 Å². The van der Waals surface area contributed by atoms with E-state index in [9.17, 15) is 4.79 Å². The molecule has 2 rings (SSSR count). The van der Waals surface area contributed by atoms with Crippen LogP contribution in [0.2, 0.25) is 0 Å². The molecule has 5 nitrogen and oxygen atoms in total. The Kier molecular flexibility index (Phi) is 3.70. The van der Waals surface area contributed by atoms with Crippen molar-refractivity contribution in [3.63, 3.8) is 0 Å². The summed E-state index contributed by atoms with van der Waals surface area (Å²) in [6, 6.07) is -0.167. The molecule has 98 valence electrons. The van der Waals surface area contributed by atoms with Crippen LogP contribution in [0.3, 0.4) is 0 Å². The number of nitrogens with two attached hydrogens (primary N) is 1. The fourth-order valence-corrected chi connectivity index (χ4v) is 2.54. The standard InChI is InChI=1S/C12H23N3O2/c1-3-14-4-6-15(7-5-14)11(16)12(2)9-17-8-10(12)13/h10H,3-9,13H2,1-2H3. The Morgan fingerprint density at radius 2 is 2.06 bits per heavy atom. The van der Waals surface area contributed by atoms with Gasteiger partial charge in [-0.15, -0.1) is 0 Å². The van der Waals surface area contributed by atoms with E-state index in [0.29, 0.717) is 13.2 Å². The fourth-order valence-electron chi connectivity index (χ4n) is 2.54. The molecule has 2 atom stereocenters. The van der Waals surface area contributed by atoms with Gasteiger partial charge < -0.3 is 20.3 Å². The van der Waals surface area contributed by atoms with Crippen LogP contribution in [0.5, 0.6) is 0 Å². The van der Waals surface area contributed by atoms with Gasteiger partial charge in [-0.2, -0.15) is 0 Å². The number of rotatable bonds is 2. The minimum Gasteiger partial charge on any atom is -0.379 e. The summed E-state index contributed by atoms with van der Waals surface area (Å²) in [5, 5.41) is 0. The van der Waals surface area contributed by atoms with Gasteiger partial charge in [-0.05, 0) is 13.5 Å². The number of hydrogen-bond donors (Lipinski definition) is 1. The SMILES string of the molecule is CCN1CCN(C(=O)C2(C)COCC2N)CC1. The van der Waals surface area contributed by atoms with E-state index in [2.05, 4.69) is 11.8 Å². The second-order valence-electron chi connectivity index (χ2n) is 5.27. The van der Waals surface area contributed by atoms with Crippen LogP contribution in [-0.2, 0) is 9.53 Å². The number of nitrogens with zero attached hydrogens (tertiary/aromatic N) is 2. The van der Waals surface area contributed by atoms with E-state index >= 15 is 0 Å². The van der Waals surface area contributed by atoms with Crippen LogP contribution in [0.15, 0.2) is 0 Å². The number of piperazine rings is 1. The van der Waals surface area contributed by atoms with Crippen molar-refractivity contribution in [1.82, 2.24) is 9.80 Å². The van der Waals surface area contributed by atoms with Gasteiger partial charge >= 0.3 is 0 Å². The van der Waals surface area contributed by atoms with Crippen LogP contribution in [0.1, 0.15) is 13.8 Å². The predicted octanol–water partition coefficient (Wildman–Crippen LogP) is -0.486. The van der Waals surface area contributed by atoms with Crippen molar-refractivity contribution in [2.45, 2.75) is 19.9 Å². The zero-order valence-corrected chi connectivity index (χ0v) is 10.8. The minimum atomic E-state index is -0.519. The molecule has 0 bridgehead atoms. The minimum absolute atomic E-state index is 0.165. The Bertz CT molecular complexity index is 289. The third kappa shape index (κ3) is 2.32. The first-order valence-corrected chi connectivity index (χ1v) is 6.43. The second-order valence-corrected chi connectivity index (χ2v) is 5.27. The van der Waals surface area contributed by atoms with Gasteiger partial charge in [0.15, 0.2) is 0 Å². The number of amides is 1. The lowest BCUT2D eigenvalue weighted by Gasteiger charge is -2.38. The number of likely N-dealkylation sites (N-methyl/N-ethyl adjacent to an activating group) is 1. The molecule has 2 saturated heterocycles. The van der Waals surface area contributed by atoms with Crippen LogP contribution >= 0.6 is 0 Å². The monoisotopic (exact) mass is 241 g/mol. The van der Waals surface area contributed by atoms with E-state index in [1.807, 2.05) is 11.8 Å². The van der Waals surface area contributed by atoms with E-state index in [1.165, 1.54) is 0 Å². The topological polar surface area (TPSA) is 58.8 Å². The molecule has 17 heavy (non-hydrogen) atoms. The predicted molar refractivity (Wildman–Crippen MR) is 65.6 cm³/mol. The van der Waals surface area contributed by atoms with Crippen LogP contribution in [0, 0.1) is 5.41 Å². The highest BCUT2D eigenvalue weighted by atomic mass is 16.5. The molecule has 0 radical (unpaired) electrons. The van der Waals surface area contributed by atoms with E-state index in [0.717, 1.165) is 32.7 Å². The van der Waals surface area contributed by atoms with E-state index in [1.54, 1.807) is 0 Å². The highest BCUT2D eigenvalue weighted by molar-refractivity contribution is 5.83. The summed E-state index contributed by atoms with van der Waals surface area (Å²) in [6.07, 6.45) is 0. The molecule has 0 aromatic heterocycles. The molecule has 2 fully saturated rings. The summed E-state index contributed by atoms with van der Waals surface area (Å²) >= 11 is 0. The first kappa shape index (κ1) is 12.8. The molecule has 0 aliphatic carbocycles. The number of hydrogen-bond acceptors (Lipinski definition) is 4. The molecule has 0 aromatic carbocycles. The maximum atomic E-state index is 12.5.